The normalized spacial score (nSPS) is 13.2. The molecule has 0 saturated heterocycles. The van der Waals surface area contributed by atoms with Crippen LogP contribution in [0.1, 0.15) is 56.3 Å². The smallest absolute Gasteiger partial charge is 0.159 e. The topological polar surface area (TPSA) is 70.7 Å². The lowest BCUT2D eigenvalue weighted by atomic mass is 10.0. The summed E-state index contributed by atoms with van der Waals surface area (Å²) < 4.78 is 5.77. The second-order valence-corrected chi connectivity index (χ2v) is 6.70. The second-order valence-electron chi connectivity index (χ2n) is 6.70. The summed E-state index contributed by atoms with van der Waals surface area (Å²) in [5.41, 5.74) is -0.231. The number of furan rings is 1. The van der Waals surface area contributed by atoms with Crippen molar-refractivity contribution in [2.24, 2.45) is 0 Å². The molecule has 1 aromatic carbocycles. The van der Waals surface area contributed by atoms with Gasteiger partial charge in [0, 0.05) is 16.5 Å². The van der Waals surface area contributed by atoms with Gasteiger partial charge >= 0.3 is 0 Å². The minimum absolute atomic E-state index is 0.0502. The maximum atomic E-state index is 11.7. The number of Topliss-reactive ketones (excluding diaryl/α,β-unsaturated/α-hetero) is 1. The van der Waals surface area contributed by atoms with Crippen LogP contribution < -0.4 is 0 Å². The number of aliphatic hydroxyl groups is 2. The molecular formula is C18H22O4. The van der Waals surface area contributed by atoms with Crippen molar-refractivity contribution in [1.82, 2.24) is 0 Å². The molecule has 0 aliphatic heterocycles. The molecule has 118 valence electrons. The van der Waals surface area contributed by atoms with E-state index in [-0.39, 0.29) is 5.78 Å². The Morgan fingerprint density at radius 1 is 1.14 bits per heavy atom. The molecule has 2 rings (SSSR count). The molecule has 0 aliphatic rings. The summed E-state index contributed by atoms with van der Waals surface area (Å²) in [7, 11) is 0. The van der Waals surface area contributed by atoms with E-state index >= 15 is 0 Å². The zero-order chi connectivity index (χ0) is 16.7. The second kappa shape index (κ2) is 5.38. The molecular weight excluding hydrogens is 280 g/mol. The highest BCUT2D eigenvalue weighted by Gasteiger charge is 2.22. The van der Waals surface area contributed by atoms with Crippen molar-refractivity contribution in [2.45, 2.75) is 45.8 Å². The fourth-order valence-electron chi connectivity index (χ4n) is 2.10. The third-order valence-corrected chi connectivity index (χ3v) is 3.33. The average Bonchev–Trinajstić information content (AvgIpc) is 2.78. The number of benzene rings is 1. The highest BCUT2D eigenvalue weighted by atomic mass is 16.4. The maximum absolute atomic E-state index is 11.7. The van der Waals surface area contributed by atoms with Crippen molar-refractivity contribution in [3.8, 4) is 0 Å². The first-order valence-corrected chi connectivity index (χ1v) is 7.20. The molecule has 0 fully saturated rings. The Kier molecular flexibility index (Phi) is 4.02. The number of carbonyl (C=O) groups excluding carboxylic acids is 1. The summed E-state index contributed by atoms with van der Waals surface area (Å²) in [6, 6.07) is 5.21. The van der Waals surface area contributed by atoms with Crippen molar-refractivity contribution in [3.63, 3.8) is 0 Å². The number of fused-ring (bicyclic) bond motifs is 1. The fourth-order valence-corrected chi connectivity index (χ4v) is 2.10. The molecule has 1 aromatic heterocycles. The van der Waals surface area contributed by atoms with E-state index in [1.165, 1.54) is 6.92 Å². The lowest BCUT2D eigenvalue weighted by Gasteiger charge is -2.12. The highest BCUT2D eigenvalue weighted by molar-refractivity contribution is 6.00. The van der Waals surface area contributed by atoms with Crippen molar-refractivity contribution in [1.29, 1.82) is 0 Å². The van der Waals surface area contributed by atoms with Gasteiger partial charge in [0.05, 0.1) is 5.60 Å². The van der Waals surface area contributed by atoms with Crippen molar-refractivity contribution in [3.05, 3.63) is 41.2 Å². The Hall–Kier alpha value is -1.91. The van der Waals surface area contributed by atoms with Gasteiger partial charge in [-0.25, -0.2) is 0 Å². The molecule has 4 nitrogen and oxygen atoms in total. The number of hydrogen-bond donors (Lipinski definition) is 2. The first-order valence-electron chi connectivity index (χ1n) is 7.20. The maximum Gasteiger partial charge on any atom is 0.159 e. The minimum Gasteiger partial charge on any atom is -0.457 e. The quantitative estimate of drug-likeness (QED) is 0.846. The zero-order valence-electron chi connectivity index (χ0n) is 13.6. The highest BCUT2D eigenvalue weighted by Crippen LogP contribution is 2.31. The van der Waals surface area contributed by atoms with Crippen molar-refractivity contribution in [2.75, 3.05) is 0 Å². The average molecular weight is 302 g/mol. The Balaban J connectivity index is 2.68. The van der Waals surface area contributed by atoms with Gasteiger partial charge < -0.3 is 14.6 Å². The van der Waals surface area contributed by atoms with Crippen LogP contribution >= 0.6 is 0 Å². The number of carbonyl (C=O) groups is 1. The molecule has 22 heavy (non-hydrogen) atoms. The van der Waals surface area contributed by atoms with Crippen LogP contribution in [0, 0.1) is 0 Å². The zero-order valence-corrected chi connectivity index (χ0v) is 13.6. The van der Waals surface area contributed by atoms with Gasteiger partial charge in [0.25, 0.3) is 0 Å². The van der Waals surface area contributed by atoms with Crippen LogP contribution in [0.2, 0.25) is 0 Å². The lowest BCUT2D eigenvalue weighted by Crippen LogP contribution is -2.13. The predicted molar refractivity (Wildman–Crippen MR) is 86.8 cm³/mol. The third-order valence-electron chi connectivity index (χ3n) is 3.33. The van der Waals surface area contributed by atoms with Crippen molar-refractivity contribution < 1.29 is 19.4 Å². The standard InChI is InChI=1S/C18H22O4/c1-11(19)13-8-12(6-7-17(2,3)20)16-14(9-13)10-15(22-16)18(4,5)21/h6-10,20-21H,1-5H3. The monoisotopic (exact) mass is 302 g/mol. The van der Waals surface area contributed by atoms with Crippen LogP contribution in [0.5, 0.6) is 0 Å². The third kappa shape index (κ3) is 3.64. The summed E-state index contributed by atoms with van der Waals surface area (Å²) in [5, 5.41) is 20.7. The van der Waals surface area contributed by atoms with Crippen LogP contribution in [-0.2, 0) is 5.60 Å². The lowest BCUT2D eigenvalue weighted by molar-refractivity contribution is 0.0559. The van der Waals surface area contributed by atoms with E-state index in [1.807, 2.05) is 0 Å². The minimum atomic E-state index is -1.10. The van der Waals surface area contributed by atoms with Gasteiger partial charge in [-0.1, -0.05) is 12.2 Å². The first kappa shape index (κ1) is 16.5. The van der Waals surface area contributed by atoms with E-state index in [0.29, 0.717) is 22.5 Å². The van der Waals surface area contributed by atoms with E-state index in [0.717, 1.165) is 5.39 Å². The van der Waals surface area contributed by atoms with Gasteiger partial charge in [-0.15, -0.1) is 0 Å². The summed E-state index contributed by atoms with van der Waals surface area (Å²) in [4.78, 5) is 11.7. The van der Waals surface area contributed by atoms with Gasteiger partial charge in [0.15, 0.2) is 5.78 Å². The number of ketones is 1. The first-order chi connectivity index (χ1) is 9.97. The Labute approximate surface area is 130 Å². The summed E-state index contributed by atoms with van der Waals surface area (Å²) in [6.07, 6.45) is 3.37. The molecule has 2 N–H and O–H groups in total. The van der Waals surface area contributed by atoms with Crippen molar-refractivity contribution >= 4 is 22.8 Å². The fraction of sp³-hybridized carbons (Fsp3) is 0.389. The van der Waals surface area contributed by atoms with Crippen LogP contribution in [0.3, 0.4) is 0 Å². The van der Waals surface area contributed by atoms with Gasteiger partial charge in [-0.2, -0.15) is 0 Å². The Morgan fingerprint density at radius 2 is 1.77 bits per heavy atom. The summed E-state index contributed by atoms with van der Waals surface area (Å²) in [6.45, 7) is 8.12. The van der Waals surface area contributed by atoms with Crippen LogP contribution in [0.15, 0.2) is 28.7 Å². The van der Waals surface area contributed by atoms with E-state index < -0.39 is 11.2 Å². The van der Waals surface area contributed by atoms with E-state index in [4.69, 9.17) is 4.42 Å². The molecule has 1 heterocycles. The van der Waals surface area contributed by atoms with E-state index in [1.54, 1.807) is 58.0 Å². The Bertz CT molecular complexity index is 737. The molecule has 2 aromatic rings. The molecule has 4 heteroatoms. The van der Waals surface area contributed by atoms with E-state index in [2.05, 4.69) is 0 Å². The van der Waals surface area contributed by atoms with Gasteiger partial charge in [0.1, 0.15) is 16.9 Å². The van der Waals surface area contributed by atoms with Crippen LogP contribution in [0.25, 0.3) is 17.0 Å². The molecule has 0 saturated carbocycles. The largest absolute Gasteiger partial charge is 0.457 e. The SMILES string of the molecule is CC(=O)c1cc(C=CC(C)(C)O)c2oc(C(C)(C)O)cc2c1. The summed E-state index contributed by atoms with van der Waals surface area (Å²) >= 11 is 0. The molecule has 0 atom stereocenters. The summed E-state index contributed by atoms with van der Waals surface area (Å²) in [5.74, 6) is 0.381. The molecule has 0 radical (unpaired) electrons. The van der Waals surface area contributed by atoms with E-state index in [9.17, 15) is 15.0 Å². The van der Waals surface area contributed by atoms with Crippen LogP contribution in [0.4, 0.5) is 0 Å². The molecule has 0 unspecified atom stereocenters. The van der Waals surface area contributed by atoms with Crippen LogP contribution in [-0.4, -0.2) is 21.6 Å². The number of rotatable bonds is 4. The van der Waals surface area contributed by atoms with Gasteiger partial charge in [-0.05, 0) is 52.8 Å². The molecule has 0 aliphatic carbocycles. The molecule has 0 amide bonds. The van der Waals surface area contributed by atoms with Gasteiger partial charge in [-0.3, -0.25) is 4.79 Å². The predicted octanol–water partition coefficient (Wildman–Crippen LogP) is 3.65. The molecule has 0 bridgehead atoms. The van der Waals surface area contributed by atoms with Gasteiger partial charge in [0.2, 0.25) is 0 Å². The Morgan fingerprint density at radius 3 is 2.27 bits per heavy atom. The number of hydrogen-bond acceptors (Lipinski definition) is 4. The molecule has 0 spiro atoms.